The Hall–Kier alpha value is -2.74. The molecule has 1 fully saturated rings. The van der Waals surface area contributed by atoms with Crippen molar-refractivity contribution in [2.24, 2.45) is 0 Å². The lowest BCUT2D eigenvalue weighted by Gasteiger charge is -2.45. The molecule has 3 rings (SSSR count). The van der Waals surface area contributed by atoms with Gasteiger partial charge >= 0.3 is 11.9 Å². The molecular weight excluding hydrogens is 372 g/mol. The summed E-state index contributed by atoms with van der Waals surface area (Å²) in [7, 11) is 0. The molecule has 0 radical (unpaired) electrons. The third-order valence-corrected chi connectivity index (χ3v) is 5.14. The fourth-order valence-corrected chi connectivity index (χ4v) is 3.84. The van der Waals surface area contributed by atoms with Gasteiger partial charge in [-0.3, -0.25) is 0 Å². The standard InChI is InChI=1S/C22H26N2O5/c1-2-13-29-22(27)19-15-23(14-17-9-5-3-6-10-17)20(21(25)26)24(19,28)16-18-11-7-4-8-12-18/h3-12,19-20H,2,13-16H2,1H3,(H,25,26). The zero-order chi connectivity index (χ0) is 20.9. The lowest BCUT2D eigenvalue weighted by atomic mass is 10.1. The van der Waals surface area contributed by atoms with Crippen LogP contribution in [0.25, 0.3) is 0 Å². The molecule has 3 unspecified atom stereocenters. The summed E-state index contributed by atoms with van der Waals surface area (Å²) < 4.78 is 4.07. The Morgan fingerprint density at radius 1 is 1.10 bits per heavy atom. The summed E-state index contributed by atoms with van der Waals surface area (Å²) in [5, 5.41) is 23.9. The molecule has 1 saturated heterocycles. The van der Waals surface area contributed by atoms with E-state index in [1.807, 2.05) is 43.3 Å². The summed E-state index contributed by atoms with van der Waals surface area (Å²) in [5.74, 6) is -1.88. The van der Waals surface area contributed by atoms with Crippen molar-refractivity contribution in [3.05, 3.63) is 77.0 Å². The van der Waals surface area contributed by atoms with Crippen LogP contribution in [0.3, 0.4) is 0 Å². The molecule has 0 bridgehead atoms. The number of hydroxylamine groups is 3. The SMILES string of the molecule is CCCOC(=O)C1CN(Cc2ccccc2)C(C(=O)O)[N+]1([O-])Cc1ccccc1. The Morgan fingerprint density at radius 3 is 2.24 bits per heavy atom. The number of aliphatic carboxylic acids is 1. The highest BCUT2D eigenvalue weighted by atomic mass is 16.6. The van der Waals surface area contributed by atoms with Gasteiger partial charge in [-0.05, 0) is 12.0 Å². The number of nitrogens with zero attached hydrogens (tertiary/aromatic N) is 2. The highest BCUT2D eigenvalue weighted by molar-refractivity contribution is 5.78. The monoisotopic (exact) mass is 398 g/mol. The maximum atomic E-state index is 14.0. The first-order valence-corrected chi connectivity index (χ1v) is 9.75. The van der Waals surface area contributed by atoms with E-state index in [2.05, 4.69) is 0 Å². The zero-order valence-corrected chi connectivity index (χ0v) is 16.4. The highest BCUT2D eigenvalue weighted by Crippen LogP contribution is 2.34. The fourth-order valence-electron chi connectivity index (χ4n) is 3.84. The van der Waals surface area contributed by atoms with Gasteiger partial charge in [0.25, 0.3) is 0 Å². The van der Waals surface area contributed by atoms with Crippen molar-refractivity contribution in [2.75, 3.05) is 13.2 Å². The van der Waals surface area contributed by atoms with Gasteiger partial charge in [0.1, 0.15) is 6.54 Å². The number of benzene rings is 2. The Labute approximate surface area is 170 Å². The predicted octanol–water partition coefficient (Wildman–Crippen LogP) is 2.75. The van der Waals surface area contributed by atoms with Gasteiger partial charge in [-0.15, -0.1) is 0 Å². The molecule has 1 heterocycles. The van der Waals surface area contributed by atoms with Gasteiger partial charge < -0.3 is 19.7 Å². The second-order valence-electron chi connectivity index (χ2n) is 7.31. The van der Waals surface area contributed by atoms with E-state index in [0.29, 0.717) is 12.0 Å². The maximum absolute atomic E-state index is 14.0. The molecule has 0 aromatic heterocycles. The molecule has 0 aliphatic carbocycles. The molecule has 3 atom stereocenters. The largest absolute Gasteiger partial charge is 0.630 e. The molecule has 2 aromatic carbocycles. The molecular formula is C22H26N2O5. The number of esters is 1. The number of hydrogen-bond acceptors (Lipinski definition) is 5. The van der Waals surface area contributed by atoms with E-state index in [4.69, 9.17) is 4.74 Å². The minimum atomic E-state index is -1.39. The predicted molar refractivity (Wildman–Crippen MR) is 107 cm³/mol. The zero-order valence-electron chi connectivity index (χ0n) is 16.4. The Kier molecular flexibility index (Phi) is 6.64. The third kappa shape index (κ3) is 4.64. The molecule has 1 aliphatic rings. The van der Waals surface area contributed by atoms with Crippen molar-refractivity contribution in [3.8, 4) is 0 Å². The van der Waals surface area contributed by atoms with Crippen LogP contribution in [0.1, 0.15) is 24.5 Å². The molecule has 7 heteroatoms. The van der Waals surface area contributed by atoms with Crippen LogP contribution in [0.4, 0.5) is 0 Å². The second kappa shape index (κ2) is 9.17. The second-order valence-corrected chi connectivity index (χ2v) is 7.31. The van der Waals surface area contributed by atoms with Crippen LogP contribution < -0.4 is 0 Å². The van der Waals surface area contributed by atoms with Gasteiger partial charge in [0, 0.05) is 12.1 Å². The van der Waals surface area contributed by atoms with Gasteiger partial charge in [0.05, 0.1) is 13.2 Å². The van der Waals surface area contributed by atoms with Gasteiger partial charge in [-0.25, -0.2) is 14.5 Å². The molecule has 7 nitrogen and oxygen atoms in total. The van der Waals surface area contributed by atoms with E-state index in [1.165, 1.54) is 0 Å². The van der Waals surface area contributed by atoms with Gasteiger partial charge in [0.15, 0.2) is 0 Å². The number of carbonyl (C=O) groups is 2. The number of carbonyl (C=O) groups excluding carboxylic acids is 1. The van der Waals surface area contributed by atoms with E-state index < -0.39 is 28.8 Å². The maximum Gasteiger partial charge on any atom is 0.379 e. The molecule has 154 valence electrons. The topological polar surface area (TPSA) is 89.9 Å². The number of quaternary nitrogens is 1. The number of carboxylic acids is 1. The fraction of sp³-hybridized carbons (Fsp3) is 0.364. The first-order chi connectivity index (χ1) is 14.0. The first-order valence-electron chi connectivity index (χ1n) is 9.75. The van der Waals surface area contributed by atoms with Crippen LogP contribution in [0.5, 0.6) is 0 Å². The normalized spacial score (nSPS) is 24.3. The molecule has 0 spiro atoms. The number of rotatable bonds is 8. The summed E-state index contributed by atoms with van der Waals surface area (Å²) in [6.07, 6.45) is -0.763. The third-order valence-electron chi connectivity index (χ3n) is 5.14. The van der Waals surface area contributed by atoms with Gasteiger partial charge in [-0.2, -0.15) is 0 Å². The van der Waals surface area contributed by atoms with E-state index in [9.17, 15) is 19.9 Å². The van der Waals surface area contributed by atoms with Crippen LogP contribution in [0.15, 0.2) is 60.7 Å². The average molecular weight is 398 g/mol. The van der Waals surface area contributed by atoms with Crippen LogP contribution >= 0.6 is 0 Å². The van der Waals surface area contributed by atoms with E-state index in [1.54, 1.807) is 29.2 Å². The molecule has 29 heavy (non-hydrogen) atoms. The van der Waals surface area contributed by atoms with Crippen molar-refractivity contribution in [3.63, 3.8) is 0 Å². The number of carboxylic acid groups (broad SMARTS) is 1. The van der Waals surface area contributed by atoms with Crippen molar-refractivity contribution >= 4 is 11.9 Å². The van der Waals surface area contributed by atoms with Crippen molar-refractivity contribution in [1.82, 2.24) is 4.90 Å². The van der Waals surface area contributed by atoms with Crippen LogP contribution in [-0.4, -0.2) is 52.0 Å². The highest BCUT2D eigenvalue weighted by Gasteiger charge is 2.56. The molecule has 1 aliphatic heterocycles. The van der Waals surface area contributed by atoms with Crippen molar-refractivity contribution < 1.29 is 24.1 Å². The lowest BCUT2D eigenvalue weighted by molar-refractivity contribution is -0.917. The van der Waals surface area contributed by atoms with Gasteiger partial charge in [-0.1, -0.05) is 67.6 Å². The molecule has 0 amide bonds. The quantitative estimate of drug-likeness (QED) is 0.418. The Bertz CT molecular complexity index is 830. The summed E-state index contributed by atoms with van der Waals surface area (Å²) in [6.45, 7) is 2.26. The summed E-state index contributed by atoms with van der Waals surface area (Å²) in [5.41, 5.74) is 1.57. The first kappa shape index (κ1) is 21.0. The Balaban J connectivity index is 1.95. The van der Waals surface area contributed by atoms with Crippen LogP contribution in [0, 0.1) is 5.21 Å². The van der Waals surface area contributed by atoms with Crippen molar-refractivity contribution in [1.29, 1.82) is 0 Å². The average Bonchev–Trinajstić information content (AvgIpc) is 2.99. The number of hydrogen-bond donors (Lipinski definition) is 1. The van der Waals surface area contributed by atoms with Gasteiger partial charge in [0.2, 0.25) is 12.2 Å². The van der Waals surface area contributed by atoms with Crippen molar-refractivity contribution in [2.45, 2.75) is 38.6 Å². The minimum Gasteiger partial charge on any atom is -0.630 e. The number of ether oxygens (including phenoxy) is 1. The van der Waals surface area contributed by atoms with Crippen LogP contribution in [-0.2, 0) is 27.4 Å². The summed E-state index contributed by atoms with van der Waals surface area (Å²) in [6, 6.07) is 17.2. The molecule has 1 N–H and O–H groups in total. The van der Waals surface area contributed by atoms with E-state index in [-0.39, 0.29) is 26.2 Å². The van der Waals surface area contributed by atoms with E-state index >= 15 is 0 Å². The Morgan fingerprint density at radius 2 is 1.69 bits per heavy atom. The molecule has 2 aromatic rings. The lowest BCUT2D eigenvalue weighted by Crippen LogP contribution is -2.59. The smallest absolute Gasteiger partial charge is 0.379 e. The summed E-state index contributed by atoms with van der Waals surface area (Å²) >= 11 is 0. The van der Waals surface area contributed by atoms with Crippen LogP contribution in [0.2, 0.25) is 0 Å². The van der Waals surface area contributed by atoms with E-state index in [0.717, 1.165) is 5.56 Å². The minimum absolute atomic E-state index is 0.0325. The molecule has 0 saturated carbocycles. The summed E-state index contributed by atoms with van der Waals surface area (Å²) in [4.78, 5) is 26.5.